The summed E-state index contributed by atoms with van der Waals surface area (Å²) in [6, 6.07) is 29.0. The van der Waals surface area contributed by atoms with Gasteiger partial charge in [0.2, 0.25) is 0 Å². The van der Waals surface area contributed by atoms with Gasteiger partial charge >= 0.3 is 5.97 Å². The molecule has 5 aromatic rings. The van der Waals surface area contributed by atoms with Gasteiger partial charge in [0, 0.05) is 36.1 Å². The maximum absolute atomic E-state index is 11.6. The lowest BCUT2D eigenvalue weighted by molar-refractivity contribution is -0.145. The van der Waals surface area contributed by atoms with Gasteiger partial charge in [0.1, 0.15) is 47.6 Å². The second kappa shape index (κ2) is 18.9. The van der Waals surface area contributed by atoms with E-state index in [-0.39, 0.29) is 6.61 Å². The second-order valence-corrected chi connectivity index (χ2v) is 11.7. The first-order chi connectivity index (χ1) is 25.4. The number of anilines is 4. The van der Waals surface area contributed by atoms with E-state index in [2.05, 4.69) is 46.5 Å². The zero-order chi connectivity index (χ0) is 36.7. The highest BCUT2D eigenvalue weighted by Gasteiger charge is 2.21. The second-order valence-electron chi connectivity index (χ2n) is 11.7. The highest BCUT2D eigenvalue weighted by molar-refractivity contribution is 5.71. The zero-order valence-corrected chi connectivity index (χ0v) is 30.0. The molecule has 3 N–H and O–H groups in total. The van der Waals surface area contributed by atoms with E-state index in [4.69, 9.17) is 34.2 Å². The van der Waals surface area contributed by atoms with E-state index in [0.717, 1.165) is 28.1 Å². The van der Waals surface area contributed by atoms with Gasteiger partial charge in [0.25, 0.3) is 0 Å². The summed E-state index contributed by atoms with van der Waals surface area (Å²) >= 11 is 0. The lowest BCUT2D eigenvalue weighted by Gasteiger charge is -2.27. The van der Waals surface area contributed by atoms with E-state index in [9.17, 15) is 4.79 Å². The number of carbonyl (C=O) groups excluding carboxylic acids is 1. The smallest absolute Gasteiger partial charge is 0.344 e. The molecule has 12 nitrogen and oxygen atoms in total. The number of rotatable bonds is 19. The van der Waals surface area contributed by atoms with E-state index in [1.807, 2.05) is 59.5 Å². The van der Waals surface area contributed by atoms with E-state index in [1.165, 1.54) is 11.9 Å². The monoisotopic (exact) mass is 707 g/mol. The highest BCUT2D eigenvalue weighted by atomic mass is 16.6. The molecule has 0 saturated heterocycles. The van der Waals surface area contributed by atoms with Gasteiger partial charge in [-0.2, -0.15) is 0 Å². The molecule has 0 fully saturated rings. The topological polar surface area (TPSA) is 140 Å². The number of nitrogens with zero attached hydrogens (tertiary/aromatic N) is 3. The maximum atomic E-state index is 11.6. The molecular formula is C40H45N5O7. The Labute approximate surface area is 304 Å². The number of hydrogen-bond donors (Lipinski definition) is 2. The lowest BCUT2D eigenvalue weighted by atomic mass is 10.1. The average molecular weight is 708 g/mol. The summed E-state index contributed by atoms with van der Waals surface area (Å²) in [4.78, 5) is 22.8. The number of nitrogens with two attached hydrogens (primary N) is 1. The number of aryl methyl sites for hydroxylation is 1. The van der Waals surface area contributed by atoms with Crippen LogP contribution in [0.5, 0.6) is 23.0 Å². The molecular weight excluding hydrogens is 662 g/mol. The third-order valence-electron chi connectivity index (χ3n) is 7.96. The SMILES string of the molecule is CCOC(=O)COc1ccc(Nc2cc(N(Cc3c(OC)cc(OCCOCc4ccc(C)cc4)cc3OC)c3cccc(CN)c3)ncn2)cc1. The molecule has 12 heteroatoms. The fourth-order valence-corrected chi connectivity index (χ4v) is 5.30. The number of benzene rings is 4. The molecule has 0 spiro atoms. The molecule has 0 unspecified atom stereocenters. The fraction of sp³-hybridized carbons (Fsp3) is 0.275. The first kappa shape index (κ1) is 37.4. The Balaban J connectivity index is 1.33. The average Bonchev–Trinajstić information content (AvgIpc) is 3.17. The zero-order valence-electron chi connectivity index (χ0n) is 30.0. The van der Waals surface area contributed by atoms with Crippen molar-refractivity contribution >= 4 is 29.0 Å². The normalized spacial score (nSPS) is 10.7. The van der Waals surface area contributed by atoms with Crippen LogP contribution in [0, 0.1) is 6.92 Å². The van der Waals surface area contributed by atoms with Crippen LogP contribution < -0.4 is 34.9 Å². The molecule has 0 aliphatic rings. The molecule has 4 aromatic carbocycles. The summed E-state index contributed by atoms with van der Waals surface area (Å²) in [5, 5.41) is 3.32. The van der Waals surface area contributed by atoms with Gasteiger partial charge in [-0.1, -0.05) is 42.0 Å². The minimum absolute atomic E-state index is 0.160. The third kappa shape index (κ3) is 10.6. The number of methoxy groups -OCH3 is 2. The Kier molecular flexibility index (Phi) is 13.6. The molecule has 5 rings (SSSR count). The number of nitrogens with one attached hydrogen (secondary N) is 1. The van der Waals surface area contributed by atoms with Gasteiger partial charge < -0.3 is 44.4 Å². The van der Waals surface area contributed by atoms with Gasteiger partial charge in [0.05, 0.1) is 46.1 Å². The molecule has 272 valence electrons. The lowest BCUT2D eigenvalue weighted by Crippen LogP contribution is -2.20. The number of esters is 1. The Hall–Kier alpha value is -5.85. The minimum Gasteiger partial charge on any atom is -0.496 e. The Bertz CT molecular complexity index is 1860. The molecule has 0 radical (unpaired) electrons. The molecule has 52 heavy (non-hydrogen) atoms. The predicted molar refractivity (Wildman–Crippen MR) is 200 cm³/mol. The van der Waals surface area contributed by atoms with Gasteiger partial charge in [0.15, 0.2) is 6.61 Å². The van der Waals surface area contributed by atoms with Crippen LogP contribution in [0.1, 0.15) is 29.2 Å². The molecule has 0 saturated carbocycles. The van der Waals surface area contributed by atoms with E-state index < -0.39 is 5.97 Å². The fourth-order valence-electron chi connectivity index (χ4n) is 5.30. The summed E-state index contributed by atoms with van der Waals surface area (Å²) in [5.41, 5.74) is 11.7. The quantitative estimate of drug-likeness (QED) is 0.0683. The third-order valence-corrected chi connectivity index (χ3v) is 7.96. The number of aromatic nitrogens is 2. The molecule has 0 amide bonds. The molecule has 0 bridgehead atoms. The summed E-state index contributed by atoms with van der Waals surface area (Å²) in [6.07, 6.45) is 1.50. The first-order valence-corrected chi connectivity index (χ1v) is 16.9. The molecule has 0 aliphatic heterocycles. The Morgan fingerprint density at radius 3 is 2.27 bits per heavy atom. The minimum atomic E-state index is -0.422. The van der Waals surface area contributed by atoms with Gasteiger partial charge in [-0.05, 0) is 61.4 Å². The van der Waals surface area contributed by atoms with Gasteiger partial charge in [-0.15, -0.1) is 0 Å². The van der Waals surface area contributed by atoms with Crippen LogP contribution in [-0.4, -0.2) is 56.6 Å². The summed E-state index contributed by atoms with van der Waals surface area (Å²) in [5.74, 6) is 3.08. The van der Waals surface area contributed by atoms with Crippen LogP contribution in [0.15, 0.2) is 97.3 Å². The Morgan fingerprint density at radius 1 is 0.827 bits per heavy atom. The van der Waals surface area contributed by atoms with Gasteiger partial charge in [-0.25, -0.2) is 14.8 Å². The largest absolute Gasteiger partial charge is 0.496 e. The predicted octanol–water partition coefficient (Wildman–Crippen LogP) is 6.88. The number of hydrogen-bond acceptors (Lipinski definition) is 12. The number of ether oxygens (including phenoxy) is 6. The molecule has 0 aliphatic carbocycles. The summed E-state index contributed by atoms with van der Waals surface area (Å²) < 4.78 is 34.1. The standard InChI is InChI=1S/C40H45N5O7/c1-5-50-40(46)26-52-33-15-13-31(14-16-33)44-38-22-39(43-27-42-38)45(32-8-6-7-30(19-32)23-41)24-35-36(47-3)20-34(21-37(35)48-4)51-18-17-49-25-29-11-9-28(2)10-12-29/h6-16,19-22,27H,5,17-18,23-26,41H2,1-4H3,(H,42,43,44). The van der Waals surface area contributed by atoms with Gasteiger partial charge in [-0.3, -0.25) is 0 Å². The van der Waals surface area contributed by atoms with Crippen molar-refractivity contribution in [3.63, 3.8) is 0 Å². The van der Waals surface area contributed by atoms with Crippen molar-refractivity contribution in [1.29, 1.82) is 0 Å². The van der Waals surface area contributed by atoms with Crippen molar-refractivity contribution in [2.45, 2.75) is 33.5 Å². The first-order valence-electron chi connectivity index (χ1n) is 16.9. The van der Waals surface area contributed by atoms with Crippen LogP contribution in [0.4, 0.5) is 23.0 Å². The van der Waals surface area contributed by atoms with Crippen LogP contribution >= 0.6 is 0 Å². The van der Waals surface area contributed by atoms with Crippen molar-refractivity contribution in [3.05, 3.63) is 120 Å². The van der Waals surface area contributed by atoms with Crippen molar-refractivity contribution in [2.24, 2.45) is 5.73 Å². The van der Waals surface area contributed by atoms with E-state index in [0.29, 0.717) is 74.2 Å². The maximum Gasteiger partial charge on any atom is 0.344 e. The van der Waals surface area contributed by atoms with Crippen molar-refractivity contribution in [2.75, 3.05) is 50.9 Å². The molecule has 0 atom stereocenters. The van der Waals surface area contributed by atoms with Crippen LogP contribution in [0.3, 0.4) is 0 Å². The van der Waals surface area contributed by atoms with E-state index in [1.54, 1.807) is 33.3 Å². The van der Waals surface area contributed by atoms with Crippen LogP contribution in [-0.2, 0) is 34.0 Å². The summed E-state index contributed by atoms with van der Waals surface area (Å²) in [7, 11) is 3.23. The van der Waals surface area contributed by atoms with Crippen molar-refractivity contribution < 1.29 is 33.2 Å². The van der Waals surface area contributed by atoms with Crippen molar-refractivity contribution in [3.8, 4) is 23.0 Å². The molecule has 1 heterocycles. The molecule has 1 aromatic heterocycles. The van der Waals surface area contributed by atoms with E-state index >= 15 is 0 Å². The van der Waals surface area contributed by atoms with Crippen LogP contribution in [0.25, 0.3) is 0 Å². The number of carbonyl (C=O) groups is 1. The Morgan fingerprint density at radius 2 is 1.58 bits per heavy atom. The summed E-state index contributed by atoms with van der Waals surface area (Å²) in [6.45, 7) is 5.96. The van der Waals surface area contributed by atoms with Crippen LogP contribution in [0.2, 0.25) is 0 Å². The van der Waals surface area contributed by atoms with Crippen molar-refractivity contribution in [1.82, 2.24) is 9.97 Å². The highest BCUT2D eigenvalue weighted by Crippen LogP contribution is 2.38.